The maximum atomic E-state index is 12.3. The lowest BCUT2D eigenvalue weighted by Gasteiger charge is -2.10. The summed E-state index contributed by atoms with van der Waals surface area (Å²) in [5.41, 5.74) is 1.79. The molecule has 5 nitrogen and oxygen atoms in total. The first-order valence-electron chi connectivity index (χ1n) is 8.44. The molecule has 6 heteroatoms. The van der Waals surface area contributed by atoms with Crippen molar-refractivity contribution in [2.75, 3.05) is 20.8 Å². The van der Waals surface area contributed by atoms with E-state index in [0.717, 1.165) is 12.8 Å². The summed E-state index contributed by atoms with van der Waals surface area (Å²) in [4.78, 5) is 12.3. The van der Waals surface area contributed by atoms with Crippen LogP contribution in [0.1, 0.15) is 17.5 Å². The smallest absolute Gasteiger partial charge is 0.261 e. The fourth-order valence-corrected chi connectivity index (χ4v) is 2.87. The predicted molar refractivity (Wildman–Crippen MR) is 106 cm³/mol. The van der Waals surface area contributed by atoms with Gasteiger partial charge in [0.15, 0.2) is 11.5 Å². The maximum absolute atomic E-state index is 12.3. The number of hydrogen-bond donors (Lipinski definition) is 1. The fourth-order valence-electron chi connectivity index (χ4n) is 2.57. The average Bonchev–Trinajstić information content (AvgIpc) is 2.69. The highest BCUT2D eigenvalue weighted by Gasteiger charge is 2.13. The summed E-state index contributed by atoms with van der Waals surface area (Å²) in [6.45, 7) is 0.486. The molecule has 0 spiro atoms. The van der Waals surface area contributed by atoms with Gasteiger partial charge in [0, 0.05) is 6.54 Å². The summed E-state index contributed by atoms with van der Waals surface area (Å²) < 4.78 is 10.4. The van der Waals surface area contributed by atoms with Crippen LogP contribution in [0.4, 0.5) is 0 Å². The Labute approximate surface area is 164 Å². The lowest BCUT2D eigenvalue weighted by molar-refractivity contribution is -0.117. The molecule has 27 heavy (non-hydrogen) atoms. The van der Waals surface area contributed by atoms with Crippen molar-refractivity contribution in [3.8, 4) is 17.6 Å². The Bertz CT molecular complexity index is 858. The number of benzene rings is 2. The van der Waals surface area contributed by atoms with Crippen LogP contribution in [0.2, 0.25) is 5.02 Å². The van der Waals surface area contributed by atoms with E-state index in [4.69, 9.17) is 21.1 Å². The molecule has 1 N–H and O–H groups in total. The number of aryl methyl sites for hydroxylation is 1. The van der Waals surface area contributed by atoms with E-state index in [1.165, 1.54) is 25.9 Å². The average molecular weight is 385 g/mol. The Kier molecular flexibility index (Phi) is 7.72. The van der Waals surface area contributed by atoms with E-state index in [9.17, 15) is 10.1 Å². The van der Waals surface area contributed by atoms with Crippen molar-refractivity contribution in [1.82, 2.24) is 5.32 Å². The lowest BCUT2D eigenvalue weighted by atomic mass is 10.1. The van der Waals surface area contributed by atoms with Crippen LogP contribution in [0.25, 0.3) is 6.08 Å². The van der Waals surface area contributed by atoms with Crippen molar-refractivity contribution in [1.29, 1.82) is 5.26 Å². The topological polar surface area (TPSA) is 71.3 Å². The second-order valence-electron chi connectivity index (χ2n) is 5.75. The zero-order chi connectivity index (χ0) is 19.6. The first-order chi connectivity index (χ1) is 13.1. The second kappa shape index (κ2) is 10.2. The third kappa shape index (κ3) is 5.77. The molecule has 0 bridgehead atoms. The van der Waals surface area contributed by atoms with Crippen LogP contribution in [0.15, 0.2) is 48.0 Å². The van der Waals surface area contributed by atoms with E-state index in [1.807, 2.05) is 36.4 Å². The van der Waals surface area contributed by atoms with Crippen LogP contribution >= 0.6 is 11.6 Å². The Balaban J connectivity index is 2.01. The zero-order valence-electron chi connectivity index (χ0n) is 15.3. The molecule has 0 aliphatic carbocycles. The summed E-state index contributed by atoms with van der Waals surface area (Å²) in [6.07, 6.45) is 3.12. The number of amides is 1. The summed E-state index contributed by atoms with van der Waals surface area (Å²) in [6, 6.07) is 15.2. The highest BCUT2D eigenvalue weighted by Crippen LogP contribution is 2.36. The summed E-state index contributed by atoms with van der Waals surface area (Å²) in [7, 11) is 2.98. The summed E-state index contributed by atoms with van der Waals surface area (Å²) in [5.74, 6) is 0.411. The molecule has 0 saturated heterocycles. The number of nitriles is 1. The number of carbonyl (C=O) groups is 1. The molecule has 0 heterocycles. The van der Waals surface area contributed by atoms with Gasteiger partial charge in [0.1, 0.15) is 11.6 Å². The van der Waals surface area contributed by atoms with Gasteiger partial charge < -0.3 is 14.8 Å². The molecule has 2 rings (SSSR count). The molecular formula is C21H21ClN2O3. The largest absolute Gasteiger partial charge is 0.493 e. The van der Waals surface area contributed by atoms with Gasteiger partial charge >= 0.3 is 0 Å². The third-order valence-corrected chi connectivity index (χ3v) is 4.18. The molecule has 0 unspecified atom stereocenters. The van der Waals surface area contributed by atoms with Gasteiger partial charge in [0.05, 0.1) is 19.2 Å². The van der Waals surface area contributed by atoms with Crippen LogP contribution in [-0.2, 0) is 11.2 Å². The molecule has 0 aromatic heterocycles. The minimum atomic E-state index is -0.420. The van der Waals surface area contributed by atoms with Gasteiger partial charge in [-0.25, -0.2) is 0 Å². The van der Waals surface area contributed by atoms with Gasteiger partial charge in [-0.15, -0.1) is 0 Å². The summed E-state index contributed by atoms with van der Waals surface area (Å²) in [5, 5.41) is 12.4. The van der Waals surface area contributed by atoms with E-state index < -0.39 is 5.91 Å². The van der Waals surface area contributed by atoms with Crippen LogP contribution in [0, 0.1) is 11.3 Å². The van der Waals surface area contributed by atoms with Crippen LogP contribution in [0.3, 0.4) is 0 Å². The van der Waals surface area contributed by atoms with Crippen molar-refractivity contribution < 1.29 is 14.3 Å². The van der Waals surface area contributed by atoms with Crippen LogP contribution < -0.4 is 14.8 Å². The SMILES string of the molecule is COc1cc(/C=C(/C#N)C(=O)NCCCc2ccccc2)cc(Cl)c1OC. The normalized spacial score (nSPS) is 10.8. The molecule has 2 aromatic rings. The van der Waals surface area contributed by atoms with E-state index >= 15 is 0 Å². The van der Waals surface area contributed by atoms with Gasteiger partial charge in [-0.3, -0.25) is 4.79 Å². The first kappa shape index (κ1) is 20.3. The number of carbonyl (C=O) groups excluding carboxylic acids is 1. The van der Waals surface area contributed by atoms with E-state index in [2.05, 4.69) is 5.32 Å². The van der Waals surface area contributed by atoms with Gasteiger partial charge in [-0.1, -0.05) is 41.9 Å². The molecular weight excluding hydrogens is 364 g/mol. The number of halogens is 1. The number of ether oxygens (including phenoxy) is 2. The number of nitrogens with zero attached hydrogens (tertiary/aromatic N) is 1. The van der Waals surface area contributed by atoms with Crippen LogP contribution in [-0.4, -0.2) is 26.7 Å². The molecule has 1 amide bonds. The predicted octanol–water partition coefficient (Wildman–Crippen LogP) is 4.01. The monoisotopic (exact) mass is 384 g/mol. The van der Waals surface area contributed by atoms with Gasteiger partial charge in [0.25, 0.3) is 5.91 Å². The van der Waals surface area contributed by atoms with Gasteiger partial charge in [-0.05, 0) is 42.2 Å². The van der Waals surface area contributed by atoms with E-state index in [1.54, 1.807) is 12.1 Å². The highest BCUT2D eigenvalue weighted by molar-refractivity contribution is 6.32. The molecule has 0 saturated carbocycles. The lowest BCUT2D eigenvalue weighted by Crippen LogP contribution is -2.25. The van der Waals surface area contributed by atoms with Crippen molar-refractivity contribution >= 4 is 23.6 Å². The Morgan fingerprint density at radius 2 is 1.96 bits per heavy atom. The molecule has 0 fully saturated rings. The number of hydrogen-bond acceptors (Lipinski definition) is 4. The fraction of sp³-hybridized carbons (Fsp3) is 0.238. The van der Waals surface area contributed by atoms with Gasteiger partial charge in [-0.2, -0.15) is 5.26 Å². The number of rotatable bonds is 8. The van der Waals surface area contributed by atoms with Gasteiger partial charge in [0.2, 0.25) is 0 Å². The Morgan fingerprint density at radius 1 is 1.22 bits per heavy atom. The van der Waals surface area contributed by atoms with Crippen molar-refractivity contribution in [2.45, 2.75) is 12.8 Å². The minimum Gasteiger partial charge on any atom is -0.493 e. The molecule has 0 radical (unpaired) electrons. The Hall–Kier alpha value is -2.97. The molecule has 140 valence electrons. The number of methoxy groups -OCH3 is 2. The minimum absolute atomic E-state index is 0.00185. The van der Waals surface area contributed by atoms with Crippen molar-refractivity contribution in [3.05, 3.63) is 64.2 Å². The van der Waals surface area contributed by atoms with Crippen molar-refractivity contribution in [3.63, 3.8) is 0 Å². The summed E-state index contributed by atoms with van der Waals surface area (Å²) >= 11 is 6.16. The molecule has 0 aliphatic rings. The molecule has 0 aliphatic heterocycles. The number of nitrogens with one attached hydrogen (secondary N) is 1. The van der Waals surface area contributed by atoms with Crippen molar-refractivity contribution in [2.24, 2.45) is 0 Å². The second-order valence-corrected chi connectivity index (χ2v) is 6.16. The first-order valence-corrected chi connectivity index (χ1v) is 8.82. The zero-order valence-corrected chi connectivity index (χ0v) is 16.0. The van der Waals surface area contributed by atoms with Crippen LogP contribution in [0.5, 0.6) is 11.5 Å². The maximum Gasteiger partial charge on any atom is 0.261 e. The Morgan fingerprint density at radius 3 is 2.59 bits per heavy atom. The standard InChI is InChI=1S/C21H21ClN2O3/c1-26-19-13-16(12-18(22)20(19)27-2)11-17(14-23)21(25)24-10-6-9-15-7-4-3-5-8-15/h3-5,7-8,11-13H,6,9-10H2,1-2H3,(H,24,25)/b17-11-. The van der Waals surface area contributed by atoms with E-state index in [0.29, 0.717) is 28.6 Å². The quantitative estimate of drug-likeness (QED) is 0.424. The molecule has 2 aromatic carbocycles. The highest BCUT2D eigenvalue weighted by atomic mass is 35.5. The van der Waals surface area contributed by atoms with E-state index in [-0.39, 0.29) is 5.57 Å². The molecule has 0 atom stereocenters. The third-order valence-electron chi connectivity index (χ3n) is 3.90.